The summed E-state index contributed by atoms with van der Waals surface area (Å²) in [6, 6.07) is 0. The third-order valence-electron chi connectivity index (χ3n) is 1.59. The molecular formula is C8H12O6. The summed E-state index contributed by atoms with van der Waals surface area (Å²) in [6.07, 6.45) is -1.63. The lowest BCUT2D eigenvalue weighted by Gasteiger charge is -2.09. The van der Waals surface area contributed by atoms with Gasteiger partial charge >= 0.3 is 11.9 Å². The van der Waals surface area contributed by atoms with Crippen molar-refractivity contribution in [3.63, 3.8) is 0 Å². The van der Waals surface area contributed by atoms with Crippen LogP contribution in [-0.4, -0.2) is 40.2 Å². The third kappa shape index (κ3) is 3.55. The molecule has 80 valence electrons. The van der Waals surface area contributed by atoms with Crippen molar-refractivity contribution in [1.82, 2.24) is 0 Å². The smallest absolute Gasteiger partial charge is 0.336 e. The number of esters is 1. The highest BCUT2D eigenvalue weighted by molar-refractivity contribution is 5.98. The first-order valence-corrected chi connectivity index (χ1v) is 3.80. The van der Waals surface area contributed by atoms with Crippen molar-refractivity contribution in [2.45, 2.75) is 20.1 Å². The number of carbonyl (C=O) groups excluding carboxylic acids is 1. The van der Waals surface area contributed by atoms with E-state index >= 15 is 0 Å². The first kappa shape index (κ1) is 12.6. The summed E-state index contributed by atoms with van der Waals surface area (Å²) in [5.41, 5.74) is -0.287. The molecule has 1 atom stereocenters. The average molecular weight is 204 g/mol. The molecule has 0 spiro atoms. The lowest BCUT2D eigenvalue weighted by molar-refractivity contribution is -0.169. The minimum atomic E-state index is -1.63. The Kier molecular flexibility index (Phi) is 4.82. The minimum absolute atomic E-state index is 0.120. The van der Waals surface area contributed by atoms with Crippen LogP contribution in [0.3, 0.4) is 0 Å². The van der Waals surface area contributed by atoms with Crippen LogP contribution in [0.4, 0.5) is 0 Å². The standard InChI is InChI=1S/C8H12O6/c1-4(7(11)12)5(2)8(13)14-6(10)3-9/h6,9-10H,3H2,1-2H3,(H,11,12)/b5-4-. The molecule has 14 heavy (non-hydrogen) atoms. The summed E-state index contributed by atoms with van der Waals surface area (Å²) in [5.74, 6) is -2.20. The number of carbonyl (C=O) groups is 2. The molecule has 0 aliphatic heterocycles. The Labute approximate surface area is 80.4 Å². The molecule has 0 radical (unpaired) electrons. The molecule has 0 aromatic heterocycles. The van der Waals surface area contributed by atoms with Crippen LogP contribution in [0.25, 0.3) is 0 Å². The molecule has 3 N–H and O–H groups in total. The van der Waals surface area contributed by atoms with E-state index < -0.39 is 24.8 Å². The Morgan fingerprint density at radius 1 is 1.29 bits per heavy atom. The van der Waals surface area contributed by atoms with Crippen molar-refractivity contribution in [2.24, 2.45) is 0 Å². The van der Waals surface area contributed by atoms with E-state index in [0.29, 0.717) is 0 Å². The molecule has 0 aliphatic carbocycles. The number of ether oxygens (including phenoxy) is 1. The molecular weight excluding hydrogens is 192 g/mol. The summed E-state index contributed by atoms with van der Waals surface area (Å²) >= 11 is 0. The van der Waals surface area contributed by atoms with Crippen LogP contribution in [0.5, 0.6) is 0 Å². The van der Waals surface area contributed by atoms with Crippen LogP contribution in [0.2, 0.25) is 0 Å². The molecule has 0 saturated carbocycles. The number of hydrogen-bond acceptors (Lipinski definition) is 5. The number of aliphatic carboxylic acids is 1. The van der Waals surface area contributed by atoms with E-state index in [1.807, 2.05) is 0 Å². The number of rotatable bonds is 4. The quantitative estimate of drug-likeness (QED) is 0.316. The van der Waals surface area contributed by atoms with Gasteiger partial charge in [-0.3, -0.25) is 0 Å². The Balaban J connectivity index is 4.54. The van der Waals surface area contributed by atoms with Gasteiger partial charge in [0.15, 0.2) is 0 Å². The first-order valence-electron chi connectivity index (χ1n) is 3.80. The fraction of sp³-hybridized carbons (Fsp3) is 0.500. The summed E-state index contributed by atoms with van der Waals surface area (Å²) in [5, 5.41) is 25.6. The van der Waals surface area contributed by atoms with Gasteiger partial charge in [-0.25, -0.2) is 9.59 Å². The SMILES string of the molecule is C/C(C(=O)O)=C(\C)C(=O)OC(O)CO. The third-order valence-corrected chi connectivity index (χ3v) is 1.59. The predicted molar refractivity (Wildman–Crippen MR) is 45.2 cm³/mol. The Hall–Kier alpha value is -1.40. The number of carboxylic acid groups (broad SMARTS) is 1. The van der Waals surface area contributed by atoms with Gasteiger partial charge < -0.3 is 20.1 Å². The van der Waals surface area contributed by atoms with E-state index in [1.54, 1.807) is 0 Å². The maximum absolute atomic E-state index is 11.0. The summed E-state index contributed by atoms with van der Waals surface area (Å²) < 4.78 is 4.28. The van der Waals surface area contributed by atoms with Crippen molar-refractivity contribution in [1.29, 1.82) is 0 Å². The molecule has 0 heterocycles. The maximum Gasteiger partial charge on any atom is 0.336 e. The molecule has 1 unspecified atom stereocenters. The second-order valence-corrected chi connectivity index (χ2v) is 2.60. The summed E-state index contributed by atoms with van der Waals surface area (Å²) in [4.78, 5) is 21.5. The van der Waals surface area contributed by atoms with Gasteiger partial charge in [-0.15, -0.1) is 0 Å². The van der Waals surface area contributed by atoms with Gasteiger partial charge in [0.2, 0.25) is 6.29 Å². The largest absolute Gasteiger partial charge is 0.478 e. The second kappa shape index (κ2) is 5.36. The van der Waals surface area contributed by atoms with E-state index in [0.717, 1.165) is 0 Å². The van der Waals surface area contributed by atoms with Gasteiger partial charge in [0.05, 0.1) is 0 Å². The van der Waals surface area contributed by atoms with E-state index in [2.05, 4.69) is 4.74 Å². The lowest BCUT2D eigenvalue weighted by Crippen LogP contribution is -2.22. The topological polar surface area (TPSA) is 104 Å². The molecule has 0 aliphatic rings. The highest BCUT2D eigenvalue weighted by atomic mass is 16.6. The summed E-state index contributed by atoms with van der Waals surface area (Å²) in [6.45, 7) is 1.77. The molecule has 0 saturated heterocycles. The average Bonchev–Trinajstić information content (AvgIpc) is 2.14. The van der Waals surface area contributed by atoms with Crippen molar-refractivity contribution < 1.29 is 29.6 Å². The van der Waals surface area contributed by atoms with Crippen LogP contribution in [0.1, 0.15) is 13.8 Å². The normalized spacial score (nSPS) is 14.3. The zero-order chi connectivity index (χ0) is 11.3. The van der Waals surface area contributed by atoms with Crippen LogP contribution < -0.4 is 0 Å². The van der Waals surface area contributed by atoms with Crippen LogP contribution in [0, 0.1) is 0 Å². The van der Waals surface area contributed by atoms with Crippen molar-refractivity contribution >= 4 is 11.9 Å². The monoisotopic (exact) mass is 204 g/mol. The lowest BCUT2D eigenvalue weighted by atomic mass is 10.1. The van der Waals surface area contributed by atoms with Gasteiger partial charge in [0.1, 0.15) is 6.61 Å². The minimum Gasteiger partial charge on any atom is -0.478 e. The van der Waals surface area contributed by atoms with Crippen LogP contribution >= 0.6 is 0 Å². The predicted octanol–water partition coefficient (Wildman–Crippen LogP) is -0.739. The molecule has 0 aromatic rings. The van der Waals surface area contributed by atoms with E-state index in [-0.39, 0.29) is 11.1 Å². The van der Waals surface area contributed by atoms with E-state index in [4.69, 9.17) is 15.3 Å². The Morgan fingerprint density at radius 3 is 2.14 bits per heavy atom. The van der Waals surface area contributed by atoms with Crippen molar-refractivity contribution in [3.8, 4) is 0 Å². The molecule has 0 amide bonds. The molecule has 6 nitrogen and oxygen atoms in total. The van der Waals surface area contributed by atoms with E-state index in [9.17, 15) is 9.59 Å². The molecule has 0 bridgehead atoms. The molecule has 0 rings (SSSR count). The fourth-order valence-electron chi connectivity index (χ4n) is 0.563. The fourth-order valence-corrected chi connectivity index (χ4v) is 0.563. The number of hydrogen-bond donors (Lipinski definition) is 3. The molecule has 6 heteroatoms. The zero-order valence-corrected chi connectivity index (χ0v) is 7.85. The van der Waals surface area contributed by atoms with Gasteiger partial charge in [0.25, 0.3) is 0 Å². The molecule has 0 fully saturated rings. The first-order chi connectivity index (χ1) is 6.40. The van der Waals surface area contributed by atoms with Gasteiger partial charge in [-0.1, -0.05) is 0 Å². The van der Waals surface area contributed by atoms with Crippen molar-refractivity contribution in [2.75, 3.05) is 6.61 Å². The second-order valence-electron chi connectivity index (χ2n) is 2.60. The van der Waals surface area contributed by atoms with Crippen LogP contribution in [0.15, 0.2) is 11.1 Å². The van der Waals surface area contributed by atoms with Crippen molar-refractivity contribution in [3.05, 3.63) is 11.1 Å². The summed E-state index contributed by atoms with van der Waals surface area (Å²) in [7, 11) is 0. The van der Waals surface area contributed by atoms with E-state index in [1.165, 1.54) is 13.8 Å². The Morgan fingerprint density at radius 2 is 1.79 bits per heavy atom. The number of aliphatic hydroxyl groups is 2. The number of carboxylic acids is 1. The molecule has 0 aromatic carbocycles. The highest BCUT2D eigenvalue weighted by Gasteiger charge is 2.16. The van der Waals surface area contributed by atoms with Crippen LogP contribution in [-0.2, 0) is 14.3 Å². The zero-order valence-electron chi connectivity index (χ0n) is 7.85. The highest BCUT2D eigenvalue weighted by Crippen LogP contribution is 2.06. The maximum atomic E-state index is 11.0. The van der Waals surface area contributed by atoms with Gasteiger partial charge in [0, 0.05) is 11.1 Å². The number of aliphatic hydroxyl groups excluding tert-OH is 2. The van der Waals surface area contributed by atoms with Gasteiger partial charge in [-0.05, 0) is 13.8 Å². The Bertz CT molecular complexity index is 267. The van der Waals surface area contributed by atoms with Gasteiger partial charge in [-0.2, -0.15) is 0 Å².